The molecule has 174 valence electrons. The highest BCUT2D eigenvalue weighted by atomic mass is 15.3. The van der Waals surface area contributed by atoms with Crippen LogP contribution in [-0.2, 0) is 19.6 Å². The Morgan fingerprint density at radius 3 is 1.00 bits per heavy atom. The number of hydrogen-bond donors (Lipinski definition) is 0. The molecule has 0 amide bonds. The van der Waals surface area contributed by atoms with Gasteiger partial charge >= 0.3 is 0 Å². The highest BCUT2D eigenvalue weighted by Crippen LogP contribution is 2.11. The van der Waals surface area contributed by atoms with Crippen LogP contribution in [0, 0.1) is 20.8 Å². The Bertz CT molecular complexity index is 892. The molecule has 1 fully saturated rings. The molecule has 6 heteroatoms. The van der Waals surface area contributed by atoms with E-state index in [-0.39, 0.29) is 0 Å². The van der Waals surface area contributed by atoms with Crippen molar-refractivity contribution in [3.63, 3.8) is 0 Å². The molecule has 0 atom stereocenters. The van der Waals surface area contributed by atoms with E-state index in [1.54, 1.807) is 0 Å². The van der Waals surface area contributed by atoms with Gasteiger partial charge in [0, 0.05) is 76.0 Å². The molecular formula is C27H36N6. The molecule has 0 bridgehead atoms. The molecule has 0 radical (unpaired) electrons. The fourth-order valence-corrected chi connectivity index (χ4v) is 4.41. The molecule has 0 spiro atoms. The summed E-state index contributed by atoms with van der Waals surface area (Å²) in [5, 5.41) is 0. The smallest absolute Gasteiger partial charge is 0.0547 e. The quantitative estimate of drug-likeness (QED) is 0.579. The Labute approximate surface area is 198 Å². The molecule has 0 N–H and O–H groups in total. The van der Waals surface area contributed by atoms with Crippen LogP contribution in [0.15, 0.2) is 54.6 Å². The summed E-state index contributed by atoms with van der Waals surface area (Å²) in [6.07, 6.45) is 0. The summed E-state index contributed by atoms with van der Waals surface area (Å²) in [6.45, 7) is 15.0. The van der Waals surface area contributed by atoms with Gasteiger partial charge in [-0.3, -0.25) is 29.7 Å². The standard InChI is InChI=1S/C27H36N6/c1-22-7-4-10-25(28-22)19-31-13-15-32(20-26-11-5-8-23(2)29-26)17-18-33(16-14-31)21-27-12-6-9-24(3)30-27/h4-12H,13-21H2,1-3H3. The molecule has 0 aromatic carbocycles. The molecule has 33 heavy (non-hydrogen) atoms. The van der Waals surface area contributed by atoms with E-state index in [0.717, 1.165) is 93.1 Å². The molecule has 3 aromatic rings. The summed E-state index contributed by atoms with van der Waals surface area (Å²) < 4.78 is 0. The van der Waals surface area contributed by atoms with E-state index in [9.17, 15) is 0 Å². The van der Waals surface area contributed by atoms with Gasteiger partial charge in [-0.05, 0) is 57.2 Å². The monoisotopic (exact) mass is 444 g/mol. The highest BCUT2D eigenvalue weighted by Gasteiger charge is 2.18. The van der Waals surface area contributed by atoms with Crippen LogP contribution in [0.3, 0.4) is 0 Å². The van der Waals surface area contributed by atoms with Gasteiger partial charge in [0.2, 0.25) is 0 Å². The van der Waals surface area contributed by atoms with Crippen LogP contribution in [0.2, 0.25) is 0 Å². The van der Waals surface area contributed by atoms with Crippen molar-refractivity contribution < 1.29 is 0 Å². The maximum Gasteiger partial charge on any atom is 0.0547 e. The largest absolute Gasteiger partial charge is 0.295 e. The first kappa shape index (κ1) is 23.5. The van der Waals surface area contributed by atoms with E-state index in [1.807, 2.05) is 0 Å². The van der Waals surface area contributed by atoms with Crippen molar-refractivity contribution >= 4 is 0 Å². The van der Waals surface area contributed by atoms with Gasteiger partial charge in [0.25, 0.3) is 0 Å². The van der Waals surface area contributed by atoms with Crippen LogP contribution in [-0.4, -0.2) is 68.9 Å². The number of nitrogens with zero attached hydrogens (tertiary/aromatic N) is 6. The number of aromatic nitrogens is 3. The Morgan fingerprint density at radius 1 is 0.485 bits per heavy atom. The van der Waals surface area contributed by atoms with Crippen molar-refractivity contribution in [1.29, 1.82) is 0 Å². The number of aryl methyl sites for hydroxylation is 3. The minimum atomic E-state index is 0.884. The topological polar surface area (TPSA) is 48.4 Å². The summed E-state index contributed by atoms with van der Waals surface area (Å²) in [4.78, 5) is 21.9. The fourth-order valence-electron chi connectivity index (χ4n) is 4.41. The van der Waals surface area contributed by atoms with Gasteiger partial charge in [0.15, 0.2) is 0 Å². The zero-order valence-electron chi connectivity index (χ0n) is 20.2. The second kappa shape index (κ2) is 11.5. The first-order valence-corrected chi connectivity index (χ1v) is 12.0. The van der Waals surface area contributed by atoms with Crippen LogP contribution in [0.5, 0.6) is 0 Å². The Morgan fingerprint density at radius 2 is 0.758 bits per heavy atom. The van der Waals surface area contributed by atoms with Crippen molar-refractivity contribution in [2.24, 2.45) is 0 Å². The lowest BCUT2D eigenvalue weighted by atomic mass is 10.2. The highest BCUT2D eigenvalue weighted by molar-refractivity contribution is 5.12. The van der Waals surface area contributed by atoms with Gasteiger partial charge in [-0.15, -0.1) is 0 Å². The number of pyridine rings is 3. The number of rotatable bonds is 6. The third-order valence-electron chi connectivity index (χ3n) is 6.19. The van der Waals surface area contributed by atoms with Crippen LogP contribution in [0.1, 0.15) is 34.2 Å². The van der Waals surface area contributed by atoms with Crippen molar-refractivity contribution in [1.82, 2.24) is 29.7 Å². The van der Waals surface area contributed by atoms with E-state index in [4.69, 9.17) is 15.0 Å². The maximum atomic E-state index is 4.75. The lowest BCUT2D eigenvalue weighted by Gasteiger charge is -2.25. The lowest BCUT2D eigenvalue weighted by molar-refractivity contribution is 0.206. The van der Waals surface area contributed by atoms with Crippen molar-refractivity contribution in [2.45, 2.75) is 40.4 Å². The predicted octanol–water partition coefficient (Wildman–Crippen LogP) is 3.62. The fraction of sp³-hybridized carbons (Fsp3) is 0.444. The molecule has 0 saturated carbocycles. The third-order valence-corrected chi connectivity index (χ3v) is 6.19. The molecule has 4 heterocycles. The van der Waals surface area contributed by atoms with E-state index < -0.39 is 0 Å². The molecule has 0 aliphatic carbocycles. The summed E-state index contributed by atoms with van der Waals surface area (Å²) in [6, 6.07) is 18.9. The third kappa shape index (κ3) is 7.42. The molecular weight excluding hydrogens is 408 g/mol. The van der Waals surface area contributed by atoms with E-state index in [0.29, 0.717) is 0 Å². The Balaban J connectivity index is 1.48. The molecule has 1 saturated heterocycles. The maximum absolute atomic E-state index is 4.75. The lowest BCUT2D eigenvalue weighted by Crippen LogP contribution is -2.35. The SMILES string of the molecule is Cc1cccc(CN2CCN(Cc3cccc(C)n3)CCN(Cc3cccc(C)n3)CC2)n1. The van der Waals surface area contributed by atoms with Gasteiger partial charge in [0.1, 0.15) is 0 Å². The molecule has 6 nitrogen and oxygen atoms in total. The van der Waals surface area contributed by atoms with Crippen molar-refractivity contribution in [3.8, 4) is 0 Å². The van der Waals surface area contributed by atoms with Crippen LogP contribution in [0.25, 0.3) is 0 Å². The molecule has 0 unspecified atom stereocenters. The molecule has 4 rings (SSSR count). The van der Waals surface area contributed by atoms with Crippen LogP contribution < -0.4 is 0 Å². The second-order valence-corrected chi connectivity index (χ2v) is 9.14. The zero-order valence-corrected chi connectivity index (χ0v) is 20.2. The summed E-state index contributed by atoms with van der Waals surface area (Å²) in [5.41, 5.74) is 6.68. The van der Waals surface area contributed by atoms with E-state index in [2.05, 4.69) is 90.1 Å². The zero-order chi connectivity index (χ0) is 23.0. The summed E-state index contributed by atoms with van der Waals surface area (Å²) in [5.74, 6) is 0. The normalized spacial score (nSPS) is 16.8. The van der Waals surface area contributed by atoms with Gasteiger partial charge < -0.3 is 0 Å². The minimum Gasteiger partial charge on any atom is -0.295 e. The Hall–Kier alpha value is -2.67. The van der Waals surface area contributed by atoms with Crippen LogP contribution in [0.4, 0.5) is 0 Å². The molecule has 1 aliphatic heterocycles. The van der Waals surface area contributed by atoms with Gasteiger partial charge in [-0.2, -0.15) is 0 Å². The second-order valence-electron chi connectivity index (χ2n) is 9.14. The van der Waals surface area contributed by atoms with Gasteiger partial charge in [0.05, 0.1) is 17.1 Å². The summed E-state index contributed by atoms with van der Waals surface area (Å²) >= 11 is 0. The predicted molar refractivity (Wildman–Crippen MR) is 133 cm³/mol. The van der Waals surface area contributed by atoms with E-state index in [1.165, 1.54) is 0 Å². The minimum absolute atomic E-state index is 0.884. The molecule has 1 aliphatic rings. The van der Waals surface area contributed by atoms with Crippen molar-refractivity contribution in [3.05, 3.63) is 88.8 Å². The van der Waals surface area contributed by atoms with E-state index >= 15 is 0 Å². The van der Waals surface area contributed by atoms with Gasteiger partial charge in [-0.1, -0.05) is 18.2 Å². The first-order valence-electron chi connectivity index (χ1n) is 12.0. The average Bonchev–Trinajstić information content (AvgIpc) is 2.86. The average molecular weight is 445 g/mol. The number of hydrogen-bond acceptors (Lipinski definition) is 6. The van der Waals surface area contributed by atoms with Crippen LogP contribution >= 0.6 is 0 Å². The first-order chi connectivity index (χ1) is 16.0. The van der Waals surface area contributed by atoms with Gasteiger partial charge in [-0.25, -0.2) is 0 Å². The van der Waals surface area contributed by atoms with Crippen molar-refractivity contribution in [2.75, 3.05) is 39.3 Å². The Kier molecular flexibility index (Phi) is 8.15. The summed E-state index contributed by atoms with van der Waals surface area (Å²) in [7, 11) is 0. The molecule has 3 aromatic heterocycles.